The minimum absolute atomic E-state index is 0.496. The van der Waals surface area contributed by atoms with Crippen LogP contribution in [-0.2, 0) is 0 Å². The summed E-state index contributed by atoms with van der Waals surface area (Å²) in [5.41, 5.74) is 7.17. The average molecular weight is 229 g/mol. The van der Waals surface area contributed by atoms with Gasteiger partial charge in [-0.2, -0.15) is 23.1 Å². The molecule has 1 aromatic rings. The van der Waals surface area contributed by atoms with Gasteiger partial charge >= 0.3 is 0 Å². The Morgan fingerprint density at radius 3 is 2.86 bits per heavy atom. The highest BCUT2D eigenvalue weighted by atomic mass is 32.2. The summed E-state index contributed by atoms with van der Waals surface area (Å²) in [5, 5.41) is 4.83. The minimum Gasteiger partial charge on any atom is -0.329 e. The molecule has 1 rings (SSSR count). The summed E-state index contributed by atoms with van der Waals surface area (Å²) in [4.78, 5) is 0. The molecular weight excluding hydrogens is 210 g/mol. The molecule has 14 heavy (non-hydrogen) atoms. The van der Waals surface area contributed by atoms with Crippen molar-refractivity contribution in [1.82, 2.24) is 0 Å². The van der Waals surface area contributed by atoms with Crippen LogP contribution in [0.1, 0.15) is 31.1 Å². The minimum atomic E-state index is 0.496. The molecular formula is C11H19NS2. The molecule has 2 atom stereocenters. The molecule has 1 heterocycles. The fourth-order valence-electron chi connectivity index (χ4n) is 1.16. The maximum Gasteiger partial charge on any atom is 0.0427 e. The summed E-state index contributed by atoms with van der Waals surface area (Å²) in [5.74, 6) is 2.02. The molecule has 0 aliphatic heterocycles. The molecule has 0 aromatic carbocycles. The van der Waals surface area contributed by atoms with Gasteiger partial charge in [0.25, 0.3) is 0 Å². The lowest BCUT2D eigenvalue weighted by Crippen LogP contribution is -2.10. The summed E-state index contributed by atoms with van der Waals surface area (Å²) >= 11 is 3.75. The van der Waals surface area contributed by atoms with E-state index in [2.05, 4.69) is 30.7 Å². The topological polar surface area (TPSA) is 26.0 Å². The van der Waals surface area contributed by atoms with Gasteiger partial charge in [-0.05, 0) is 34.1 Å². The number of hydrogen-bond acceptors (Lipinski definition) is 3. The van der Waals surface area contributed by atoms with Crippen molar-refractivity contribution >= 4 is 23.1 Å². The van der Waals surface area contributed by atoms with E-state index in [-0.39, 0.29) is 0 Å². The summed E-state index contributed by atoms with van der Waals surface area (Å²) < 4.78 is 0. The lowest BCUT2D eigenvalue weighted by Gasteiger charge is -2.15. The molecule has 3 heteroatoms. The van der Waals surface area contributed by atoms with E-state index in [1.165, 1.54) is 17.7 Å². The van der Waals surface area contributed by atoms with Crippen LogP contribution in [0.3, 0.4) is 0 Å². The van der Waals surface area contributed by atoms with Gasteiger partial charge < -0.3 is 5.73 Å². The third-order valence-electron chi connectivity index (χ3n) is 2.41. The number of thioether (sulfide) groups is 1. The average Bonchev–Trinajstić information content (AvgIpc) is 2.72. The van der Waals surface area contributed by atoms with E-state index in [9.17, 15) is 0 Å². The van der Waals surface area contributed by atoms with E-state index in [1.54, 1.807) is 11.3 Å². The van der Waals surface area contributed by atoms with Gasteiger partial charge in [0.05, 0.1) is 0 Å². The van der Waals surface area contributed by atoms with Crippen molar-refractivity contribution in [1.29, 1.82) is 0 Å². The molecule has 0 spiro atoms. The van der Waals surface area contributed by atoms with Crippen LogP contribution >= 0.6 is 23.1 Å². The van der Waals surface area contributed by atoms with Crippen LogP contribution in [0.15, 0.2) is 16.8 Å². The van der Waals surface area contributed by atoms with Crippen molar-refractivity contribution in [2.45, 2.75) is 25.5 Å². The second-order valence-electron chi connectivity index (χ2n) is 3.63. The third-order valence-corrected chi connectivity index (χ3v) is 4.74. The SMILES string of the molecule is CCC(C)CSC(CN)c1ccsc1. The molecule has 1 aromatic heterocycles. The first-order valence-corrected chi connectivity index (χ1v) is 7.10. The molecule has 0 radical (unpaired) electrons. The Bertz CT molecular complexity index is 233. The van der Waals surface area contributed by atoms with Gasteiger partial charge in [0, 0.05) is 11.8 Å². The van der Waals surface area contributed by atoms with Crippen LogP contribution in [-0.4, -0.2) is 12.3 Å². The Balaban J connectivity index is 2.40. The standard InChI is InChI=1S/C11H19NS2/c1-3-9(2)7-14-11(6-12)10-4-5-13-8-10/h4-5,8-9,11H,3,6-7,12H2,1-2H3. The molecule has 0 bridgehead atoms. The number of nitrogens with two attached hydrogens (primary N) is 1. The van der Waals surface area contributed by atoms with Crippen LogP contribution in [0.4, 0.5) is 0 Å². The highest BCUT2D eigenvalue weighted by Gasteiger charge is 2.11. The second kappa shape index (κ2) is 6.49. The summed E-state index contributed by atoms with van der Waals surface area (Å²) in [6.45, 7) is 5.29. The Labute approximate surface area is 95.1 Å². The molecule has 0 fully saturated rings. The zero-order chi connectivity index (χ0) is 10.4. The van der Waals surface area contributed by atoms with Crippen molar-refractivity contribution in [3.8, 4) is 0 Å². The van der Waals surface area contributed by atoms with Crippen molar-refractivity contribution in [2.24, 2.45) is 11.7 Å². The first kappa shape index (κ1) is 12.1. The number of hydrogen-bond donors (Lipinski definition) is 1. The second-order valence-corrected chi connectivity index (χ2v) is 5.64. The predicted molar refractivity (Wildman–Crippen MR) is 68.0 cm³/mol. The quantitative estimate of drug-likeness (QED) is 0.807. The van der Waals surface area contributed by atoms with Crippen LogP contribution < -0.4 is 5.73 Å². The smallest absolute Gasteiger partial charge is 0.0427 e. The van der Waals surface area contributed by atoms with Crippen molar-refractivity contribution in [3.63, 3.8) is 0 Å². The Morgan fingerprint density at radius 2 is 2.36 bits per heavy atom. The van der Waals surface area contributed by atoms with Crippen molar-refractivity contribution < 1.29 is 0 Å². The molecule has 80 valence electrons. The summed E-state index contributed by atoms with van der Waals surface area (Å²) in [6.07, 6.45) is 1.26. The van der Waals surface area contributed by atoms with E-state index >= 15 is 0 Å². The Morgan fingerprint density at radius 1 is 1.57 bits per heavy atom. The largest absolute Gasteiger partial charge is 0.329 e. The highest BCUT2D eigenvalue weighted by molar-refractivity contribution is 7.99. The third kappa shape index (κ3) is 3.64. The normalized spacial score (nSPS) is 15.4. The van der Waals surface area contributed by atoms with Gasteiger partial charge in [0.15, 0.2) is 0 Å². The van der Waals surface area contributed by atoms with Gasteiger partial charge in [-0.15, -0.1) is 0 Å². The number of rotatable bonds is 6. The lowest BCUT2D eigenvalue weighted by molar-refractivity contribution is 0.635. The van der Waals surface area contributed by atoms with E-state index in [4.69, 9.17) is 5.73 Å². The van der Waals surface area contributed by atoms with Crippen LogP contribution in [0.25, 0.3) is 0 Å². The first-order chi connectivity index (χ1) is 6.77. The molecule has 0 amide bonds. The summed E-state index contributed by atoms with van der Waals surface area (Å²) in [7, 11) is 0. The fraction of sp³-hybridized carbons (Fsp3) is 0.636. The first-order valence-electron chi connectivity index (χ1n) is 5.11. The zero-order valence-electron chi connectivity index (χ0n) is 8.90. The molecule has 2 N–H and O–H groups in total. The van der Waals surface area contributed by atoms with Gasteiger partial charge in [-0.1, -0.05) is 20.3 Å². The van der Waals surface area contributed by atoms with Crippen LogP contribution in [0.5, 0.6) is 0 Å². The Hall–Kier alpha value is 0.01000. The lowest BCUT2D eigenvalue weighted by atomic mass is 10.2. The maximum atomic E-state index is 5.78. The molecule has 1 nitrogen and oxygen atoms in total. The van der Waals surface area contributed by atoms with E-state index in [0.29, 0.717) is 5.25 Å². The maximum absolute atomic E-state index is 5.78. The fourth-order valence-corrected chi connectivity index (χ4v) is 3.23. The van der Waals surface area contributed by atoms with Crippen molar-refractivity contribution in [2.75, 3.05) is 12.3 Å². The number of thiophene rings is 1. The van der Waals surface area contributed by atoms with E-state index in [0.717, 1.165) is 12.5 Å². The predicted octanol–water partition coefficient (Wildman–Crippen LogP) is 3.53. The van der Waals surface area contributed by atoms with Gasteiger partial charge in [0.2, 0.25) is 0 Å². The molecule has 2 unspecified atom stereocenters. The van der Waals surface area contributed by atoms with Crippen LogP contribution in [0, 0.1) is 5.92 Å². The van der Waals surface area contributed by atoms with Crippen LogP contribution in [0.2, 0.25) is 0 Å². The highest BCUT2D eigenvalue weighted by Crippen LogP contribution is 2.30. The zero-order valence-corrected chi connectivity index (χ0v) is 10.5. The molecule has 0 aliphatic rings. The Kier molecular flexibility index (Phi) is 5.60. The van der Waals surface area contributed by atoms with E-state index < -0.39 is 0 Å². The van der Waals surface area contributed by atoms with Gasteiger partial charge in [0.1, 0.15) is 0 Å². The van der Waals surface area contributed by atoms with Gasteiger partial charge in [-0.3, -0.25) is 0 Å². The summed E-state index contributed by atoms with van der Waals surface area (Å²) in [6, 6.07) is 2.19. The molecule has 0 saturated carbocycles. The monoisotopic (exact) mass is 229 g/mol. The molecule has 0 saturated heterocycles. The van der Waals surface area contributed by atoms with E-state index in [1.807, 2.05) is 11.8 Å². The van der Waals surface area contributed by atoms with Gasteiger partial charge in [-0.25, -0.2) is 0 Å². The molecule has 0 aliphatic carbocycles. The van der Waals surface area contributed by atoms with Crippen molar-refractivity contribution in [3.05, 3.63) is 22.4 Å².